The summed E-state index contributed by atoms with van der Waals surface area (Å²) in [4.78, 5) is 0. The molecule has 0 aromatic heterocycles. The van der Waals surface area contributed by atoms with Gasteiger partial charge in [-0.15, -0.1) is 0 Å². The fourth-order valence-corrected chi connectivity index (χ4v) is 2.12. The van der Waals surface area contributed by atoms with Crippen molar-refractivity contribution in [2.75, 3.05) is 0 Å². The number of rotatable bonds is 4. The Morgan fingerprint density at radius 1 is 1.15 bits per heavy atom. The van der Waals surface area contributed by atoms with Gasteiger partial charge in [0.15, 0.2) is 11.6 Å². The molecule has 3 heteroatoms. The zero-order valence-corrected chi connectivity index (χ0v) is 12.1. The van der Waals surface area contributed by atoms with Crippen LogP contribution in [0.4, 0.5) is 4.39 Å². The third-order valence-electron chi connectivity index (χ3n) is 3.17. The minimum absolute atomic E-state index is 0.120. The first-order valence-corrected chi connectivity index (χ1v) is 6.75. The van der Waals surface area contributed by atoms with E-state index in [1.165, 1.54) is 11.6 Å². The Bertz CT molecular complexity index is 608. The van der Waals surface area contributed by atoms with Crippen LogP contribution >= 0.6 is 0 Å². The van der Waals surface area contributed by atoms with Gasteiger partial charge in [0.25, 0.3) is 0 Å². The Balaban J connectivity index is 2.22. The van der Waals surface area contributed by atoms with Gasteiger partial charge in [-0.3, -0.25) is 0 Å². The standard InChI is InChI=1S/C17H20FNO/c1-11-4-7-16(18)17(8-11)20-15-6-5-14(10-13(3)19)12(2)9-15/h4-9,13H,10,19H2,1-3H3. The monoisotopic (exact) mass is 273 g/mol. The number of halogens is 1. The molecule has 0 aliphatic heterocycles. The van der Waals surface area contributed by atoms with Gasteiger partial charge in [0.1, 0.15) is 5.75 Å². The number of aryl methyl sites for hydroxylation is 2. The van der Waals surface area contributed by atoms with Crippen LogP contribution in [0.15, 0.2) is 36.4 Å². The van der Waals surface area contributed by atoms with Crippen molar-refractivity contribution in [2.24, 2.45) is 5.73 Å². The average molecular weight is 273 g/mol. The lowest BCUT2D eigenvalue weighted by Gasteiger charge is -2.12. The summed E-state index contributed by atoms with van der Waals surface area (Å²) in [5.74, 6) is 0.540. The molecule has 0 spiro atoms. The van der Waals surface area contributed by atoms with Gasteiger partial charge < -0.3 is 10.5 Å². The normalized spacial score (nSPS) is 12.2. The number of hydrogen-bond donors (Lipinski definition) is 1. The molecule has 2 rings (SSSR count). The lowest BCUT2D eigenvalue weighted by Crippen LogP contribution is -2.18. The number of benzene rings is 2. The van der Waals surface area contributed by atoms with E-state index >= 15 is 0 Å². The molecule has 20 heavy (non-hydrogen) atoms. The van der Waals surface area contributed by atoms with E-state index < -0.39 is 0 Å². The maximum Gasteiger partial charge on any atom is 0.165 e. The Labute approximate surface area is 119 Å². The molecular formula is C17H20FNO. The molecule has 106 valence electrons. The van der Waals surface area contributed by atoms with Gasteiger partial charge in [0, 0.05) is 6.04 Å². The van der Waals surface area contributed by atoms with E-state index in [-0.39, 0.29) is 17.6 Å². The second-order valence-corrected chi connectivity index (χ2v) is 5.31. The second kappa shape index (κ2) is 6.06. The van der Waals surface area contributed by atoms with Crippen molar-refractivity contribution < 1.29 is 9.13 Å². The molecule has 2 aromatic rings. The third-order valence-corrected chi connectivity index (χ3v) is 3.17. The van der Waals surface area contributed by atoms with E-state index in [2.05, 4.69) is 0 Å². The highest BCUT2D eigenvalue weighted by molar-refractivity contribution is 5.39. The number of hydrogen-bond acceptors (Lipinski definition) is 2. The molecule has 0 saturated carbocycles. The summed E-state index contributed by atoms with van der Waals surface area (Å²) in [6, 6.07) is 10.7. The van der Waals surface area contributed by atoms with E-state index in [9.17, 15) is 4.39 Å². The molecule has 0 saturated heterocycles. The quantitative estimate of drug-likeness (QED) is 0.909. The molecule has 1 atom stereocenters. The van der Waals surface area contributed by atoms with Crippen molar-refractivity contribution in [3.8, 4) is 11.5 Å². The van der Waals surface area contributed by atoms with E-state index in [4.69, 9.17) is 10.5 Å². The van der Waals surface area contributed by atoms with E-state index in [1.807, 2.05) is 39.0 Å². The maximum atomic E-state index is 13.7. The Hall–Kier alpha value is -1.87. The zero-order valence-electron chi connectivity index (χ0n) is 12.1. The molecular weight excluding hydrogens is 253 g/mol. The number of nitrogens with two attached hydrogens (primary N) is 1. The number of ether oxygens (including phenoxy) is 1. The van der Waals surface area contributed by atoms with Crippen LogP contribution in [0.2, 0.25) is 0 Å². The summed E-state index contributed by atoms with van der Waals surface area (Å²) in [6.07, 6.45) is 0.824. The molecule has 2 aromatic carbocycles. The molecule has 0 aliphatic rings. The average Bonchev–Trinajstić information content (AvgIpc) is 2.37. The summed E-state index contributed by atoms with van der Waals surface area (Å²) in [5.41, 5.74) is 9.07. The highest BCUT2D eigenvalue weighted by Gasteiger charge is 2.07. The first-order chi connectivity index (χ1) is 9.45. The Kier molecular flexibility index (Phi) is 4.40. The molecule has 0 radical (unpaired) electrons. The predicted molar refractivity (Wildman–Crippen MR) is 79.7 cm³/mol. The fraction of sp³-hybridized carbons (Fsp3) is 0.294. The molecule has 1 unspecified atom stereocenters. The van der Waals surface area contributed by atoms with Gasteiger partial charge in [-0.2, -0.15) is 0 Å². The maximum absolute atomic E-state index is 13.7. The van der Waals surface area contributed by atoms with Crippen molar-refractivity contribution >= 4 is 0 Å². The van der Waals surface area contributed by atoms with Crippen LogP contribution in [-0.2, 0) is 6.42 Å². The molecule has 0 fully saturated rings. The van der Waals surface area contributed by atoms with E-state index in [0.29, 0.717) is 5.75 Å². The highest BCUT2D eigenvalue weighted by atomic mass is 19.1. The smallest absolute Gasteiger partial charge is 0.165 e. The minimum atomic E-state index is -0.354. The molecule has 2 nitrogen and oxygen atoms in total. The first kappa shape index (κ1) is 14.5. The second-order valence-electron chi connectivity index (χ2n) is 5.31. The molecule has 0 bridgehead atoms. The highest BCUT2D eigenvalue weighted by Crippen LogP contribution is 2.27. The van der Waals surface area contributed by atoms with Crippen LogP contribution in [0.5, 0.6) is 11.5 Å². The summed E-state index contributed by atoms with van der Waals surface area (Å²) in [5, 5.41) is 0. The lowest BCUT2D eigenvalue weighted by atomic mass is 10.0. The molecule has 0 aliphatic carbocycles. The summed E-state index contributed by atoms with van der Waals surface area (Å²) >= 11 is 0. The summed E-state index contributed by atoms with van der Waals surface area (Å²) in [7, 11) is 0. The Morgan fingerprint density at radius 2 is 1.90 bits per heavy atom. The van der Waals surface area contributed by atoms with Crippen molar-refractivity contribution in [1.29, 1.82) is 0 Å². The minimum Gasteiger partial charge on any atom is -0.454 e. The van der Waals surface area contributed by atoms with E-state index in [0.717, 1.165) is 17.5 Å². The van der Waals surface area contributed by atoms with Gasteiger partial charge in [-0.1, -0.05) is 12.1 Å². The molecule has 2 N–H and O–H groups in total. The van der Waals surface area contributed by atoms with Crippen LogP contribution in [0, 0.1) is 19.7 Å². The van der Waals surface area contributed by atoms with Crippen LogP contribution in [0.1, 0.15) is 23.6 Å². The fourth-order valence-electron chi connectivity index (χ4n) is 2.12. The largest absolute Gasteiger partial charge is 0.454 e. The van der Waals surface area contributed by atoms with Gasteiger partial charge in [0.2, 0.25) is 0 Å². The third kappa shape index (κ3) is 3.58. The van der Waals surface area contributed by atoms with Gasteiger partial charge >= 0.3 is 0 Å². The van der Waals surface area contributed by atoms with Crippen molar-refractivity contribution in [3.05, 3.63) is 58.9 Å². The summed E-state index contributed by atoms with van der Waals surface area (Å²) in [6.45, 7) is 5.90. The van der Waals surface area contributed by atoms with Crippen LogP contribution in [0.3, 0.4) is 0 Å². The van der Waals surface area contributed by atoms with Crippen LogP contribution in [-0.4, -0.2) is 6.04 Å². The van der Waals surface area contributed by atoms with Crippen LogP contribution in [0.25, 0.3) is 0 Å². The molecule has 0 amide bonds. The van der Waals surface area contributed by atoms with E-state index in [1.54, 1.807) is 12.1 Å². The molecule has 0 heterocycles. The SMILES string of the molecule is Cc1ccc(F)c(Oc2ccc(CC(C)N)c(C)c2)c1. The van der Waals surface area contributed by atoms with Crippen molar-refractivity contribution in [1.82, 2.24) is 0 Å². The first-order valence-electron chi connectivity index (χ1n) is 6.75. The lowest BCUT2D eigenvalue weighted by molar-refractivity contribution is 0.441. The van der Waals surface area contributed by atoms with Gasteiger partial charge in [0.05, 0.1) is 0 Å². The van der Waals surface area contributed by atoms with Gasteiger partial charge in [-0.25, -0.2) is 4.39 Å². The predicted octanol–water partition coefficient (Wildman–Crippen LogP) is 4.12. The Morgan fingerprint density at radius 3 is 2.55 bits per heavy atom. The van der Waals surface area contributed by atoms with Crippen molar-refractivity contribution in [2.45, 2.75) is 33.2 Å². The van der Waals surface area contributed by atoms with Gasteiger partial charge in [-0.05, 0) is 68.1 Å². The van der Waals surface area contributed by atoms with Crippen LogP contribution < -0.4 is 10.5 Å². The zero-order chi connectivity index (χ0) is 14.7. The topological polar surface area (TPSA) is 35.2 Å². The van der Waals surface area contributed by atoms with Crippen molar-refractivity contribution in [3.63, 3.8) is 0 Å². The summed E-state index contributed by atoms with van der Waals surface area (Å²) < 4.78 is 19.3.